The number of hydrogen-bond donors (Lipinski definition) is 0. The molecular weight excluding hydrogens is 280 g/mol. The van der Waals surface area contributed by atoms with Crippen LogP contribution in [0, 0.1) is 10.4 Å². The van der Waals surface area contributed by atoms with Crippen LogP contribution in [-0.2, 0) is 0 Å². The summed E-state index contributed by atoms with van der Waals surface area (Å²) >= 11 is 0. The van der Waals surface area contributed by atoms with Gasteiger partial charge in [0.1, 0.15) is 0 Å². The maximum absolute atomic E-state index is 12.6. The first-order valence-corrected chi connectivity index (χ1v) is 6.72. The molecule has 0 bridgehead atoms. The Kier molecular flexibility index (Phi) is 2.39. The van der Waals surface area contributed by atoms with Crippen LogP contribution in [0.5, 0.6) is 0 Å². The van der Waals surface area contributed by atoms with Gasteiger partial charge >= 0.3 is 0 Å². The zero-order chi connectivity index (χ0) is 15.4. The van der Waals surface area contributed by atoms with Crippen LogP contribution in [0.3, 0.4) is 0 Å². The lowest BCUT2D eigenvalue weighted by atomic mass is 10.0. The van der Waals surface area contributed by atoms with Crippen LogP contribution in [-0.4, -0.2) is 0 Å². The second-order valence-corrected chi connectivity index (χ2v) is 5.16. The molecule has 0 unspecified atom stereocenters. The Hall–Kier alpha value is -3.14. The molecule has 0 saturated carbocycles. The van der Waals surface area contributed by atoms with Crippen LogP contribution in [0.25, 0.3) is 21.5 Å². The summed E-state index contributed by atoms with van der Waals surface area (Å²) in [6, 6.07) is 12.5. The van der Waals surface area contributed by atoms with Crippen molar-refractivity contribution in [2.75, 3.05) is 0 Å². The van der Waals surface area contributed by atoms with E-state index in [2.05, 4.69) is 0 Å². The van der Waals surface area contributed by atoms with Gasteiger partial charge in [0.2, 0.25) is 0 Å². The lowest BCUT2D eigenvalue weighted by Gasteiger charge is -1.99. The standard InChI is InChI=1S/C18H8O4/c19-15-9-5-1-2-6-10(9)16(20)14-13(15)17(21)11-7-3-4-8-12(11)18(14)22/h1-8H. The highest BCUT2D eigenvalue weighted by Crippen LogP contribution is 2.07. The van der Waals surface area contributed by atoms with Crippen molar-refractivity contribution in [3.05, 3.63) is 99.9 Å². The Balaban J connectivity index is 2.63. The Morgan fingerprint density at radius 3 is 0.864 bits per heavy atom. The highest BCUT2D eigenvalue weighted by Gasteiger charge is 2.15. The van der Waals surface area contributed by atoms with E-state index in [1.54, 1.807) is 24.3 Å². The third kappa shape index (κ3) is 1.41. The fourth-order valence-electron chi connectivity index (χ4n) is 2.96. The predicted octanol–water partition coefficient (Wildman–Crippen LogP) is 1.03. The van der Waals surface area contributed by atoms with Gasteiger partial charge in [-0.25, -0.2) is 0 Å². The van der Waals surface area contributed by atoms with Gasteiger partial charge in [0.15, 0.2) is 21.7 Å². The first-order chi connectivity index (χ1) is 10.6. The van der Waals surface area contributed by atoms with E-state index in [1.807, 2.05) is 0 Å². The zero-order valence-electron chi connectivity index (χ0n) is 11.3. The van der Waals surface area contributed by atoms with Crippen LogP contribution in [0.2, 0.25) is 0 Å². The summed E-state index contributed by atoms with van der Waals surface area (Å²) in [4.78, 5) is 50.3. The Labute approximate surface area is 122 Å². The average Bonchev–Trinajstić information content (AvgIpc) is 2.56. The molecule has 2 aromatic rings. The third-order valence-electron chi connectivity index (χ3n) is 3.99. The normalized spacial score (nSPS) is 11.5. The van der Waals surface area contributed by atoms with E-state index in [0.29, 0.717) is 0 Å². The minimum Gasteiger partial charge on any atom is -0.288 e. The van der Waals surface area contributed by atoms with E-state index in [1.165, 1.54) is 24.3 Å². The molecule has 2 aliphatic carbocycles. The van der Waals surface area contributed by atoms with Crippen molar-refractivity contribution in [1.82, 2.24) is 0 Å². The second-order valence-electron chi connectivity index (χ2n) is 5.16. The Morgan fingerprint density at radius 2 is 0.636 bits per heavy atom. The summed E-state index contributed by atoms with van der Waals surface area (Å²) in [5.74, 6) is 0. The molecule has 4 nitrogen and oxygen atoms in total. The van der Waals surface area contributed by atoms with Gasteiger partial charge in [-0.3, -0.25) is 19.2 Å². The molecule has 104 valence electrons. The van der Waals surface area contributed by atoms with Gasteiger partial charge in [-0.15, -0.1) is 0 Å². The van der Waals surface area contributed by atoms with Crippen molar-refractivity contribution in [2.24, 2.45) is 0 Å². The molecule has 0 heterocycles. The molecule has 22 heavy (non-hydrogen) atoms. The van der Waals surface area contributed by atoms with Gasteiger partial charge in [-0.05, 0) is 0 Å². The van der Waals surface area contributed by atoms with Gasteiger partial charge in [0.25, 0.3) is 0 Å². The van der Waals surface area contributed by atoms with Crippen molar-refractivity contribution in [2.45, 2.75) is 0 Å². The second kappa shape index (κ2) is 4.18. The largest absolute Gasteiger partial charge is 0.288 e. The molecule has 0 aromatic heterocycles. The fraction of sp³-hybridized carbons (Fsp3) is 0. The van der Waals surface area contributed by atoms with Crippen LogP contribution in [0.1, 0.15) is 0 Å². The molecule has 0 fully saturated rings. The summed E-state index contributed by atoms with van der Waals surface area (Å²) in [6.45, 7) is 0. The third-order valence-corrected chi connectivity index (χ3v) is 3.99. The van der Waals surface area contributed by atoms with Crippen LogP contribution < -0.4 is 21.7 Å². The van der Waals surface area contributed by atoms with Crippen LogP contribution in [0.15, 0.2) is 67.7 Å². The van der Waals surface area contributed by atoms with Crippen molar-refractivity contribution >= 4 is 21.5 Å². The van der Waals surface area contributed by atoms with Gasteiger partial charge in [0, 0.05) is 21.5 Å². The minimum atomic E-state index is -0.557. The van der Waals surface area contributed by atoms with Crippen molar-refractivity contribution < 1.29 is 0 Å². The molecule has 0 spiro atoms. The van der Waals surface area contributed by atoms with E-state index >= 15 is 0 Å². The first kappa shape index (κ1) is 12.6. The molecule has 0 N–H and O–H groups in total. The molecule has 4 heteroatoms. The topological polar surface area (TPSA) is 68.3 Å². The van der Waals surface area contributed by atoms with E-state index in [-0.39, 0.29) is 32.0 Å². The molecule has 0 atom stereocenters. The molecular formula is C18H8O4. The van der Waals surface area contributed by atoms with E-state index in [4.69, 9.17) is 0 Å². The Bertz CT molecular complexity index is 1140. The number of rotatable bonds is 0. The maximum Gasteiger partial charge on any atom is 0.198 e. The van der Waals surface area contributed by atoms with E-state index in [9.17, 15) is 19.2 Å². The summed E-state index contributed by atoms with van der Waals surface area (Å²) in [5.41, 5.74) is -2.23. The smallest absolute Gasteiger partial charge is 0.198 e. The summed E-state index contributed by atoms with van der Waals surface area (Å²) in [5, 5.41) is 0.0944. The van der Waals surface area contributed by atoms with Crippen LogP contribution in [0.4, 0.5) is 0 Å². The molecule has 4 rings (SSSR count). The first-order valence-electron chi connectivity index (χ1n) is 6.72. The number of fused-ring (bicyclic) bond motifs is 2. The van der Waals surface area contributed by atoms with E-state index in [0.717, 1.165) is 0 Å². The number of hydrogen-bond acceptors (Lipinski definition) is 4. The predicted molar refractivity (Wildman–Crippen MR) is 84.2 cm³/mol. The fourth-order valence-corrected chi connectivity index (χ4v) is 2.96. The van der Waals surface area contributed by atoms with Gasteiger partial charge < -0.3 is 0 Å². The molecule has 0 amide bonds. The molecule has 0 aliphatic heterocycles. The molecule has 0 saturated heterocycles. The minimum absolute atomic E-state index is 0.173. The summed E-state index contributed by atoms with van der Waals surface area (Å²) < 4.78 is 0. The zero-order valence-corrected chi connectivity index (χ0v) is 11.3. The lowest BCUT2D eigenvalue weighted by molar-refractivity contribution is 1.35. The van der Waals surface area contributed by atoms with Crippen molar-refractivity contribution in [1.29, 1.82) is 0 Å². The van der Waals surface area contributed by atoms with Gasteiger partial charge in [-0.2, -0.15) is 0 Å². The lowest BCUT2D eigenvalue weighted by Crippen LogP contribution is -2.29. The van der Waals surface area contributed by atoms with Gasteiger partial charge in [0.05, 0.1) is 10.4 Å². The molecule has 2 aliphatic rings. The number of benzene rings is 2. The quantitative estimate of drug-likeness (QED) is 0.485. The highest BCUT2D eigenvalue weighted by atomic mass is 16.1. The Morgan fingerprint density at radius 1 is 0.409 bits per heavy atom. The van der Waals surface area contributed by atoms with Crippen molar-refractivity contribution in [3.8, 4) is 0 Å². The summed E-state index contributed by atoms with van der Waals surface area (Å²) in [6.07, 6.45) is 0. The van der Waals surface area contributed by atoms with Gasteiger partial charge in [-0.1, -0.05) is 48.5 Å². The molecule has 0 radical (unpaired) electrons. The molecule has 2 aromatic carbocycles. The van der Waals surface area contributed by atoms with Crippen molar-refractivity contribution in [3.63, 3.8) is 0 Å². The van der Waals surface area contributed by atoms with E-state index < -0.39 is 21.7 Å². The average molecular weight is 288 g/mol. The maximum atomic E-state index is 12.6. The highest BCUT2D eigenvalue weighted by molar-refractivity contribution is 5.86. The summed E-state index contributed by atoms with van der Waals surface area (Å²) in [7, 11) is 0. The monoisotopic (exact) mass is 288 g/mol. The van der Waals surface area contributed by atoms with Crippen LogP contribution >= 0.6 is 0 Å². The SMILES string of the molecule is O=c1c2c(=O)c3ccccc3c(=O)c=2c(=O)c2ccccc12.